The third-order valence-electron chi connectivity index (χ3n) is 4.86. The molecular weight excluding hydrogens is 433 g/mol. The van der Waals surface area contributed by atoms with Crippen LogP contribution in [-0.4, -0.2) is 40.8 Å². The van der Waals surface area contributed by atoms with Gasteiger partial charge in [-0.05, 0) is 32.0 Å². The molecule has 1 aliphatic rings. The first kappa shape index (κ1) is 21.9. The second-order valence-corrected chi connectivity index (χ2v) is 7.65. The van der Waals surface area contributed by atoms with Crippen molar-refractivity contribution in [1.29, 1.82) is 0 Å². The van der Waals surface area contributed by atoms with Crippen molar-refractivity contribution in [1.82, 2.24) is 9.97 Å². The largest absolute Gasteiger partial charge is 0.504 e. The lowest BCUT2D eigenvalue weighted by Gasteiger charge is -2.31. The van der Waals surface area contributed by atoms with Gasteiger partial charge in [-0.1, -0.05) is 0 Å². The summed E-state index contributed by atoms with van der Waals surface area (Å²) in [6, 6.07) is 7.93. The maximum absolute atomic E-state index is 14.4. The molecule has 0 atom stereocenters. The Morgan fingerprint density at radius 1 is 1.12 bits per heavy atom. The van der Waals surface area contributed by atoms with Crippen LogP contribution in [0.5, 0.6) is 23.0 Å². The molecule has 2 aromatic carbocycles. The van der Waals surface area contributed by atoms with Gasteiger partial charge >= 0.3 is 0 Å². The average molecular weight is 455 g/mol. The third-order valence-corrected chi connectivity index (χ3v) is 4.86. The number of aromatic hydroxyl groups is 1. The zero-order chi connectivity index (χ0) is 23.8. The lowest BCUT2D eigenvalue weighted by atomic mass is 10.1. The van der Waals surface area contributed by atoms with Gasteiger partial charge in [-0.3, -0.25) is 4.79 Å². The molecule has 33 heavy (non-hydrogen) atoms. The summed E-state index contributed by atoms with van der Waals surface area (Å²) in [6.45, 7) is 3.33. The third kappa shape index (κ3) is 4.38. The lowest BCUT2D eigenvalue weighted by Crippen LogP contribution is -2.45. The molecule has 0 aliphatic carbocycles. The number of carbonyl (C=O) groups is 1. The van der Waals surface area contributed by atoms with Gasteiger partial charge < -0.3 is 35.3 Å². The number of nitrogens with one attached hydrogen (secondary N) is 3. The Morgan fingerprint density at radius 2 is 1.91 bits per heavy atom. The van der Waals surface area contributed by atoms with Gasteiger partial charge in [0.25, 0.3) is 5.91 Å². The number of amides is 1. The zero-order valence-electron chi connectivity index (χ0n) is 18.3. The number of fused-ring (bicyclic) bond motifs is 1. The van der Waals surface area contributed by atoms with Crippen molar-refractivity contribution in [3.63, 3.8) is 0 Å². The van der Waals surface area contributed by atoms with Crippen molar-refractivity contribution in [2.24, 2.45) is 0 Å². The Kier molecular flexibility index (Phi) is 5.54. The summed E-state index contributed by atoms with van der Waals surface area (Å²) in [5.41, 5.74) is 0.349. The number of carbonyl (C=O) groups excluding carboxylic acids is 1. The number of anilines is 5. The Morgan fingerprint density at radius 3 is 2.64 bits per heavy atom. The van der Waals surface area contributed by atoms with E-state index in [2.05, 4.69) is 25.9 Å². The second kappa shape index (κ2) is 8.34. The van der Waals surface area contributed by atoms with E-state index in [1.165, 1.54) is 20.3 Å². The fourth-order valence-electron chi connectivity index (χ4n) is 3.19. The highest BCUT2D eigenvalue weighted by atomic mass is 19.1. The quantitative estimate of drug-likeness (QED) is 0.437. The van der Waals surface area contributed by atoms with Gasteiger partial charge in [-0.25, -0.2) is 9.37 Å². The summed E-state index contributed by atoms with van der Waals surface area (Å²) in [7, 11) is 2.84. The van der Waals surface area contributed by atoms with Gasteiger partial charge in [-0.2, -0.15) is 4.98 Å². The number of nitrogens with zero attached hydrogens (tertiary/aromatic N) is 2. The van der Waals surface area contributed by atoms with E-state index < -0.39 is 11.4 Å². The van der Waals surface area contributed by atoms with Crippen LogP contribution in [0.25, 0.3) is 0 Å². The van der Waals surface area contributed by atoms with Gasteiger partial charge in [0, 0.05) is 23.5 Å². The van der Waals surface area contributed by atoms with Crippen molar-refractivity contribution in [3.8, 4) is 23.0 Å². The van der Waals surface area contributed by atoms with Crippen molar-refractivity contribution < 1.29 is 28.5 Å². The summed E-state index contributed by atoms with van der Waals surface area (Å²) in [6.07, 6.45) is 1.00. The van der Waals surface area contributed by atoms with Crippen LogP contribution in [0, 0.1) is 5.82 Å². The number of benzene rings is 2. The predicted molar refractivity (Wildman–Crippen MR) is 120 cm³/mol. The fraction of sp³-hybridized carbons (Fsp3) is 0.227. The van der Waals surface area contributed by atoms with Crippen molar-refractivity contribution in [3.05, 3.63) is 42.3 Å². The number of hydrogen-bond donors (Lipinski definition) is 4. The molecule has 1 aliphatic heterocycles. The molecule has 0 saturated carbocycles. The molecule has 0 radical (unpaired) electrons. The Bertz CT molecular complexity index is 1230. The second-order valence-electron chi connectivity index (χ2n) is 7.65. The van der Waals surface area contributed by atoms with E-state index in [1.54, 1.807) is 38.1 Å². The number of phenolic OH excluding ortho intramolecular Hbond substituents is 1. The SMILES string of the molecule is COc1cc(Nc2ncc(F)c(Nc3ccc4c(c3)NC(=O)C(C)(C)O4)n2)cc(O)c1OC. The van der Waals surface area contributed by atoms with Crippen molar-refractivity contribution in [2.75, 3.05) is 30.2 Å². The first-order valence-electron chi connectivity index (χ1n) is 9.86. The molecule has 0 bridgehead atoms. The van der Waals surface area contributed by atoms with Gasteiger partial charge in [0.1, 0.15) is 5.75 Å². The molecule has 4 N–H and O–H groups in total. The minimum Gasteiger partial charge on any atom is -0.504 e. The van der Waals surface area contributed by atoms with Crippen LogP contribution in [0.2, 0.25) is 0 Å². The Balaban J connectivity index is 1.57. The summed E-state index contributed by atoms with van der Waals surface area (Å²) in [5.74, 6) is -0.174. The van der Waals surface area contributed by atoms with Crippen LogP contribution in [0.1, 0.15) is 13.8 Å². The first-order chi connectivity index (χ1) is 15.7. The van der Waals surface area contributed by atoms with E-state index in [1.807, 2.05) is 0 Å². The maximum atomic E-state index is 14.4. The van der Waals surface area contributed by atoms with Crippen molar-refractivity contribution >= 4 is 34.7 Å². The molecule has 1 amide bonds. The number of halogens is 1. The van der Waals surface area contributed by atoms with Gasteiger partial charge in [-0.15, -0.1) is 0 Å². The highest BCUT2D eigenvalue weighted by Crippen LogP contribution is 2.40. The van der Waals surface area contributed by atoms with Crippen LogP contribution in [0.4, 0.5) is 33.2 Å². The van der Waals surface area contributed by atoms with E-state index in [0.717, 1.165) is 6.20 Å². The molecule has 10 nitrogen and oxygen atoms in total. The lowest BCUT2D eigenvalue weighted by molar-refractivity contribution is -0.129. The molecule has 0 spiro atoms. The topological polar surface area (TPSA) is 127 Å². The Hall–Kier alpha value is -4.28. The zero-order valence-corrected chi connectivity index (χ0v) is 18.3. The van der Waals surface area contributed by atoms with Crippen LogP contribution < -0.4 is 30.2 Å². The molecule has 0 unspecified atom stereocenters. The number of aromatic nitrogens is 2. The minimum atomic E-state index is -0.986. The monoisotopic (exact) mass is 455 g/mol. The summed E-state index contributed by atoms with van der Waals surface area (Å²) < 4.78 is 30.4. The minimum absolute atomic E-state index is 0.0712. The normalized spacial score (nSPS) is 13.9. The summed E-state index contributed by atoms with van der Waals surface area (Å²) in [5, 5.41) is 18.7. The van der Waals surface area contributed by atoms with Gasteiger partial charge in [0.2, 0.25) is 11.7 Å². The molecule has 3 aromatic rings. The number of rotatable bonds is 6. The van der Waals surface area contributed by atoms with Crippen LogP contribution in [0.3, 0.4) is 0 Å². The van der Waals surface area contributed by atoms with Gasteiger partial charge in [0.05, 0.1) is 26.1 Å². The van der Waals surface area contributed by atoms with Crippen LogP contribution >= 0.6 is 0 Å². The molecule has 1 aromatic heterocycles. The number of methoxy groups -OCH3 is 2. The molecule has 0 fully saturated rings. The molecule has 0 saturated heterocycles. The van der Waals surface area contributed by atoms with Crippen LogP contribution in [-0.2, 0) is 4.79 Å². The average Bonchev–Trinajstić information content (AvgIpc) is 2.76. The number of phenols is 1. The highest BCUT2D eigenvalue weighted by molar-refractivity contribution is 6.00. The predicted octanol–water partition coefficient (Wildman–Crippen LogP) is 3.94. The van der Waals surface area contributed by atoms with E-state index >= 15 is 0 Å². The van der Waals surface area contributed by atoms with Crippen LogP contribution in [0.15, 0.2) is 36.5 Å². The Labute approximate surface area is 188 Å². The van der Waals surface area contributed by atoms with E-state index in [0.29, 0.717) is 28.6 Å². The van der Waals surface area contributed by atoms with Gasteiger partial charge in [0.15, 0.2) is 28.7 Å². The fourth-order valence-corrected chi connectivity index (χ4v) is 3.19. The standard InChI is InChI=1S/C22H22FN5O5/c1-22(2)20(30)27-14-7-11(5-6-16(14)33-22)25-19-13(23)10-24-21(28-19)26-12-8-15(29)18(32-4)17(9-12)31-3/h5-10,29H,1-4H3,(H,27,30)(H2,24,25,26,28). The molecule has 4 rings (SSSR count). The van der Waals surface area contributed by atoms with Crippen molar-refractivity contribution in [2.45, 2.75) is 19.4 Å². The highest BCUT2D eigenvalue weighted by Gasteiger charge is 2.35. The van der Waals surface area contributed by atoms with E-state index in [4.69, 9.17) is 14.2 Å². The maximum Gasteiger partial charge on any atom is 0.268 e. The molecular formula is C22H22FN5O5. The van der Waals surface area contributed by atoms with E-state index in [9.17, 15) is 14.3 Å². The number of hydrogen-bond acceptors (Lipinski definition) is 9. The molecule has 11 heteroatoms. The molecule has 172 valence electrons. The number of ether oxygens (including phenoxy) is 3. The summed E-state index contributed by atoms with van der Waals surface area (Å²) >= 11 is 0. The summed E-state index contributed by atoms with van der Waals surface area (Å²) in [4.78, 5) is 20.2. The molecule has 2 heterocycles. The van der Waals surface area contributed by atoms with E-state index in [-0.39, 0.29) is 29.2 Å². The smallest absolute Gasteiger partial charge is 0.268 e. The first-order valence-corrected chi connectivity index (χ1v) is 9.86.